The molecule has 0 unspecified atom stereocenters. The van der Waals surface area contributed by atoms with E-state index in [2.05, 4.69) is 26.0 Å². The van der Waals surface area contributed by atoms with Crippen molar-refractivity contribution < 1.29 is 4.79 Å². The van der Waals surface area contributed by atoms with Gasteiger partial charge in [-0.2, -0.15) is 5.26 Å². The summed E-state index contributed by atoms with van der Waals surface area (Å²) in [5, 5.41) is 12.7. The molecule has 0 saturated carbocycles. The summed E-state index contributed by atoms with van der Waals surface area (Å²) in [6, 6.07) is 11.6. The fraction of sp³-hybridized carbons (Fsp3) is 0.176. The van der Waals surface area contributed by atoms with E-state index in [0.29, 0.717) is 5.56 Å². The van der Waals surface area contributed by atoms with Crippen molar-refractivity contribution >= 4 is 21.7 Å². The molecule has 0 aliphatic carbocycles. The van der Waals surface area contributed by atoms with Gasteiger partial charge in [0.05, 0.1) is 0 Å². The molecule has 0 amide bonds. The molecule has 0 N–H and O–H groups in total. The first-order chi connectivity index (χ1) is 11.5. The Labute approximate surface area is 147 Å². The molecule has 0 saturated heterocycles. The molecule has 3 rings (SSSR count). The van der Waals surface area contributed by atoms with Crippen molar-refractivity contribution in [3.63, 3.8) is 0 Å². The number of carbonyl (C=O) groups excluding carboxylic acids is 1. The average molecular weight is 384 g/mol. The van der Waals surface area contributed by atoms with Crippen LogP contribution in [0.4, 0.5) is 0 Å². The van der Waals surface area contributed by atoms with Gasteiger partial charge in [0.15, 0.2) is 5.78 Å². The molecule has 3 aromatic rings. The van der Waals surface area contributed by atoms with E-state index < -0.39 is 0 Å². The monoisotopic (exact) mass is 383 g/mol. The lowest BCUT2D eigenvalue weighted by atomic mass is 10.1. The van der Waals surface area contributed by atoms with Crippen LogP contribution in [0.25, 0.3) is 5.69 Å². The van der Waals surface area contributed by atoms with Crippen molar-refractivity contribution in [3.8, 4) is 11.8 Å². The van der Waals surface area contributed by atoms with E-state index in [-0.39, 0.29) is 18.2 Å². The molecule has 2 aromatic heterocycles. The number of aromatic nitrogens is 4. The molecule has 0 bridgehead atoms. The predicted octanol–water partition coefficient (Wildman–Crippen LogP) is 3.20. The Morgan fingerprint density at radius 1 is 1.33 bits per heavy atom. The highest BCUT2D eigenvalue weighted by Crippen LogP contribution is 2.23. The molecule has 2 heterocycles. The second kappa shape index (κ2) is 6.42. The van der Waals surface area contributed by atoms with Crippen molar-refractivity contribution in [2.24, 2.45) is 0 Å². The summed E-state index contributed by atoms with van der Waals surface area (Å²) < 4.78 is 4.40. The summed E-state index contributed by atoms with van der Waals surface area (Å²) in [6.45, 7) is 3.94. The number of nitrogens with zero attached hydrogens (tertiary/aromatic N) is 5. The number of Topliss-reactive ketones (excluding diaryl/α,β-unsaturated/α-hetero) is 1. The maximum Gasteiger partial charge on any atom is 0.252 e. The van der Waals surface area contributed by atoms with Gasteiger partial charge in [0.1, 0.15) is 18.9 Å². The van der Waals surface area contributed by atoms with Crippen molar-refractivity contribution in [3.05, 3.63) is 63.9 Å². The quantitative estimate of drug-likeness (QED) is 0.648. The van der Waals surface area contributed by atoms with Gasteiger partial charge >= 0.3 is 0 Å². The number of ketones is 1. The summed E-state index contributed by atoms with van der Waals surface area (Å²) >= 11 is 3.47. The molecule has 0 fully saturated rings. The van der Waals surface area contributed by atoms with E-state index in [9.17, 15) is 4.79 Å². The van der Waals surface area contributed by atoms with Gasteiger partial charge in [-0.25, -0.2) is 9.67 Å². The Balaban J connectivity index is 1.93. The average Bonchev–Trinajstić information content (AvgIpc) is 3.11. The Bertz CT molecular complexity index is 964. The summed E-state index contributed by atoms with van der Waals surface area (Å²) in [5.74, 6) is -0.0128. The molecule has 0 radical (unpaired) electrons. The molecule has 7 heteroatoms. The zero-order valence-corrected chi connectivity index (χ0v) is 14.8. The third-order valence-electron chi connectivity index (χ3n) is 3.74. The van der Waals surface area contributed by atoms with Crippen LogP contribution in [0.15, 0.2) is 41.1 Å². The lowest BCUT2D eigenvalue weighted by molar-refractivity contribution is 0.0967. The number of hydrogen-bond acceptors (Lipinski definition) is 4. The minimum atomic E-state index is -0.0706. The summed E-state index contributed by atoms with van der Waals surface area (Å²) in [4.78, 5) is 16.4. The van der Waals surface area contributed by atoms with Crippen LogP contribution in [0.3, 0.4) is 0 Å². The Morgan fingerprint density at radius 3 is 2.79 bits per heavy atom. The van der Waals surface area contributed by atoms with Crippen molar-refractivity contribution in [1.29, 1.82) is 5.26 Å². The van der Waals surface area contributed by atoms with E-state index in [1.807, 2.05) is 54.8 Å². The third-order valence-corrected chi connectivity index (χ3v) is 4.23. The van der Waals surface area contributed by atoms with Gasteiger partial charge in [0.25, 0.3) is 5.82 Å². The fourth-order valence-electron chi connectivity index (χ4n) is 2.71. The van der Waals surface area contributed by atoms with Crippen molar-refractivity contribution in [2.45, 2.75) is 20.4 Å². The zero-order valence-electron chi connectivity index (χ0n) is 13.2. The van der Waals surface area contributed by atoms with E-state index in [0.717, 1.165) is 21.5 Å². The van der Waals surface area contributed by atoms with E-state index >= 15 is 0 Å². The second-order valence-electron chi connectivity index (χ2n) is 5.40. The Hall–Kier alpha value is -2.72. The van der Waals surface area contributed by atoms with E-state index in [1.165, 1.54) is 11.0 Å². The van der Waals surface area contributed by atoms with Crippen LogP contribution < -0.4 is 0 Å². The van der Waals surface area contributed by atoms with Crippen LogP contribution in [0, 0.1) is 25.2 Å². The molecular weight excluding hydrogens is 370 g/mol. The summed E-state index contributed by atoms with van der Waals surface area (Å²) in [6.07, 6.45) is 1.39. The van der Waals surface area contributed by atoms with Crippen molar-refractivity contribution in [1.82, 2.24) is 19.3 Å². The molecule has 0 aliphatic heterocycles. The number of aryl methyl sites for hydroxylation is 1. The smallest absolute Gasteiger partial charge is 0.252 e. The highest BCUT2D eigenvalue weighted by atomic mass is 79.9. The molecule has 6 nitrogen and oxygen atoms in total. The standard InChI is InChI=1S/C17H14BrN5O/c1-11-6-15(16(24)9-22-10-20-17(8-19)21-22)12(2)23(11)14-5-3-4-13(18)7-14/h3-7,10H,9H2,1-2H3. The lowest BCUT2D eigenvalue weighted by Crippen LogP contribution is -2.12. The Morgan fingerprint density at radius 2 is 2.12 bits per heavy atom. The number of benzene rings is 1. The fourth-order valence-corrected chi connectivity index (χ4v) is 3.10. The number of rotatable bonds is 4. The highest BCUT2D eigenvalue weighted by molar-refractivity contribution is 9.10. The largest absolute Gasteiger partial charge is 0.318 e. The summed E-state index contributed by atoms with van der Waals surface area (Å²) in [5.41, 5.74) is 3.48. The van der Waals surface area contributed by atoms with E-state index in [4.69, 9.17) is 5.26 Å². The van der Waals surface area contributed by atoms with Gasteiger partial charge in [-0.15, -0.1) is 5.10 Å². The van der Waals surface area contributed by atoms with E-state index in [1.54, 1.807) is 0 Å². The first kappa shape index (κ1) is 16.1. The number of halogens is 1. The first-order valence-corrected chi connectivity index (χ1v) is 8.06. The molecule has 1 aromatic carbocycles. The molecule has 24 heavy (non-hydrogen) atoms. The lowest BCUT2D eigenvalue weighted by Gasteiger charge is -2.10. The van der Waals surface area contributed by atoms with Gasteiger partial charge in [-0.3, -0.25) is 4.79 Å². The van der Waals surface area contributed by atoms with Gasteiger partial charge in [0, 0.05) is 27.1 Å². The van der Waals surface area contributed by atoms with Gasteiger partial charge in [0.2, 0.25) is 0 Å². The first-order valence-electron chi connectivity index (χ1n) is 7.27. The van der Waals surface area contributed by atoms with Gasteiger partial charge in [-0.05, 0) is 38.1 Å². The third kappa shape index (κ3) is 3.01. The molecule has 120 valence electrons. The minimum Gasteiger partial charge on any atom is -0.318 e. The summed E-state index contributed by atoms with van der Waals surface area (Å²) in [7, 11) is 0. The van der Waals surface area contributed by atoms with Gasteiger partial charge in [-0.1, -0.05) is 22.0 Å². The van der Waals surface area contributed by atoms with Crippen LogP contribution in [0.1, 0.15) is 27.6 Å². The maximum absolute atomic E-state index is 12.6. The van der Waals surface area contributed by atoms with Crippen LogP contribution in [0.2, 0.25) is 0 Å². The number of hydrogen-bond donors (Lipinski definition) is 0. The predicted molar refractivity (Wildman–Crippen MR) is 92.0 cm³/mol. The van der Waals surface area contributed by atoms with Crippen LogP contribution in [-0.4, -0.2) is 25.1 Å². The minimum absolute atomic E-state index is 0.0530. The highest BCUT2D eigenvalue weighted by Gasteiger charge is 2.17. The topological polar surface area (TPSA) is 76.5 Å². The van der Waals surface area contributed by atoms with Crippen molar-refractivity contribution in [2.75, 3.05) is 0 Å². The molecular formula is C17H14BrN5O. The molecule has 0 atom stereocenters. The zero-order chi connectivity index (χ0) is 17.3. The molecule has 0 spiro atoms. The number of nitriles is 1. The van der Waals surface area contributed by atoms with Crippen LogP contribution >= 0.6 is 15.9 Å². The van der Waals surface area contributed by atoms with Crippen LogP contribution in [0.5, 0.6) is 0 Å². The molecule has 0 aliphatic rings. The van der Waals surface area contributed by atoms with Gasteiger partial charge < -0.3 is 4.57 Å². The van der Waals surface area contributed by atoms with Crippen LogP contribution in [-0.2, 0) is 6.54 Å². The second-order valence-corrected chi connectivity index (χ2v) is 6.32. The Kier molecular flexibility index (Phi) is 4.32. The number of carbonyl (C=O) groups is 1. The SMILES string of the molecule is Cc1cc(C(=O)Cn2cnc(C#N)n2)c(C)n1-c1cccc(Br)c1. The normalized spacial score (nSPS) is 10.6. The maximum atomic E-state index is 12.6.